The molecule has 1 aliphatic rings. The molecule has 3 rings (SSSR count). The summed E-state index contributed by atoms with van der Waals surface area (Å²) in [5.41, 5.74) is 1.31. The van der Waals surface area contributed by atoms with Crippen LogP contribution in [0.15, 0.2) is 41.3 Å². The molecular formula is C20H24N2O5S. The summed E-state index contributed by atoms with van der Waals surface area (Å²) in [7, 11) is -0.578. The Morgan fingerprint density at radius 3 is 2.39 bits per heavy atom. The standard InChI is InChI=1S/C20H24N2O5S/c1-14-6-7-15(12-19(14)28(24,25)22-10-4-5-11-22)20(23)21-17-13-16(26-2)8-9-18(17)27-3/h6-9,12-13H,4-5,10-11H2,1-3H3,(H,21,23). The van der Waals surface area contributed by atoms with E-state index < -0.39 is 15.9 Å². The van der Waals surface area contributed by atoms with E-state index in [-0.39, 0.29) is 10.5 Å². The quantitative estimate of drug-likeness (QED) is 0.800. The van der Waals surface area contributed by atoms with Gasteiger partial charge in [-0.3, -0.25) is 4.79 Å². The van der Waals surface area contributed by atoms with Crippen molar-refractivity contribution in [1.29, 1.82) is 0 Å². The number of hydrogen-bond donors (Lipinski definition) is 1. The van der Waals surface area contributed by atoms with E-state index in [0.29, 0.717) is 35.8 Å². The van der Waals surface area contributed by atoms with Crippen LogP contribution >= 0.6 is 0 Å². The molecule has 0 bridgehead atoms. The first kappa shape index (κ1) is 20.2. The summed E-state index contributed by atoms with van der Waals surface area (Å²) in [5.74, 6) is 0.618. The molecule has 0 atom stereocenters. The van der Waals surface area contributed by atoms with Gasteiger partial charge in [0.1, 0.15) is 11.5 Å². The minimum Gasteiger partial charge on any atom is -0.497 e. The molecule has 150 valence electrons. The van der Waals surface area contributed by atoms with E-state index in [1.807, 2.05) is 0 Å². The second-order valence-corrected chi connectivity index (χ2v) is 8.52. The Morgan fingerprint density at radius 1 is 1.04 bits per heavy atom. The van der Waals surface area contributed by atoms with E-state index in [9.17, 15) is 13.2 Å². The van der Waals surface area contributed by atoms with Gasteiger partial charge in [-0.2, -0.15) is 4.31 Å². The van der Waals surface area contributed by atoms with Gasteiger partial charge in [-0.05, 0) is 49.6 Å². The van der Waals surface area contributed by atoms with Crippen LogP contribution in [0.4, 0.5) is 5.69 Å². The summed E-state index contributed by atoms with van der Waals surface area (Å²) in [5, 5.41) is 2.77. The van der Waals surface area contributed by atoms with Gasteiger partial charge in [0.05, 0.1) is 24.8 Å². The first-order chi connectivity index (χ1) is 13.4. The highest BCUT2D eigenvalue weighted by atomic mass is 32.2. The number of aryl methyl sites for hydroxylation is 1. The molecule has 0 aliphatic carbocycles. The zero-order valence-electron chi connectivity index (χ0n) is 16.2. The van der Waals surface area contributed by atoms with Crippen LogP contribution in [-0.4, -0.2) is 45.9 Å². The van der Waals surface area contributed by atoms with Gasteiger partial charge in [-0.1, -0.05) is 6.07 Å². The number of benzene rings is 2. The number of rotatable bonds is 6. The van der Waals surface area contributed by atoms with E-state index in [0.717, 1.165) is 12.8 Å². The molecule has 8 heteroatoms. The number of ether oxygens (including phenoxy) is 2. The Balaban J connectivity index is 1.91. The summed E-state index contributed by atoms with van der Waals surface area (Å²) in [6.45, 7) is 2.76. The number of carbonyl (C=O) groups excluding carboxylic acids is 1. The molecule has 1 aliphatic heterocycles. The zero-order valence-corrected chi connectivity index (χ0v) is 17.0. The summed E-state index contributed by atoms with van der Waals surface area (Å²) in [4.78, 5) is 12.9. The molecule has 0 aromatic heterocycles. The average molecular weight is 404 g/mol. The third-order valence-corrected chi connectivity index (χ3v) is 6.83. The number of methoxy groups -OCH3 is 2. The van der Waals surface area contributed by atoms with Crippen molar-refractivity contribution in [3.63, 3.8) is 0 Å². The number of sulfonamides is 1. The number of hydrogen-bond acceptors (Lipinski definition) is 5. The highest BCUT2D eigenvalue weighted by Crippen LogP contribution is 2.30. The van der Waals surface area contributed by atoms with Crippen LogP contribution in [0.5, 0.6) is 11.5 Å². The molecule has 0 saturated carbocycles. The van der Waals surface area contributed by atoms with Crippen LogP contribution in [0.3, 0.4) is 0 Å². The SMILES string of the molecule is COc1ccc(OC)c(NC(=O)c2ccc(C)c(S(=O)(=O)N3CCCC3)c2)c1. The van der Waals surface area contributed by atoms with Crippen molar-refractivity contribution in [3.05, 3.63) is 47.5 Å². The molecule has 0 radical (unpaired) electrons. The maximum Gasteiger partial charge on any atom is 0.255 e. The number of nitrogens with zero attached hydrogens (tertiary/aromatic N) is 1. The van der Waals surface area contributed by atoms with Crippen molar-refractivity contribution in [1.82, 2.24) is 4.31 Å². The van der Waals surface area contributed by atoms with Crippen molar-refractivity contribution in [2.24, 2.45) is 0 Å². The van der Waals surface area contributed by atoms with Crippen LogP contribution in [-0.2, 0) is 10.0 Å². The Morgan fingerprint density at radius 2 is 1.75 bits per heavy atom. The van der Waals surface area contributed by atoms with Crippen molar-refractivity contribution in [2.75, 3.05) is 32.6 Å². The van der Waals surface area contributed by atoms with Gasteiger partial charge in [0.15, 0.2) is 0 Å². The van der Waals surface area contributed by atoms with E-state index in [1.165, 1.54) is 24.6 Å². The molecule has 1 N–H and O–H groups in total. The highest BCUT2D eigenvalue weighted by Gasteiger charge is 2.29. The molecule has 28 heavy (non-hydrogen) atoms. The number of amides is 1. The molecule has 7 nitrogen and oxygen atoms in total. The number of anilines is 1. The monoisotopic (exact) mass is 404 g/mol. The van der Waals surface area contributed by atoms with Crippen LogP contribution in [0.1, 0.15) is 28.8 Å². The molecule has 1 fully saturated rings. The third-order valence-electron chi connectivity index (χ3n) is 4.79. The normalized spacial score (nSPS) is 14.7. The summed E-state index contributed by atoms with van der Waals surface area (Å²) in [6, 6.07) is 9.76. The summed E-state index contributed by atoms with van der Waals surface area (Å²) in [6.07, 6.45) is 1.71. The predicted molar refractivity (Wildman–Crippen MR) is 107 cm³/mol. The van der Waals surface area contributed by atoms with Crippen LogP contribution < -0.4 is 14.8 Å². The molecule has 0 unspecified atom stereocenters. The Labute approximate surface area is 165 Å². The summed E-state index contributed by atoms with van der Waals surface area (Å²) >= 11 is 0. The maximum atomic E-state index is 12.9. The molecule has 1 amide bonds. The lowest BCUT2D eigenvalue weighted by atomic mass is 10.1. The minimum atomic E-state index is -3.61. The molecule has 1 heterocycles. The van der Waals surface area contributed by atoms with E-state index >= 15 is 0 Å². The van der Waals surface area contributed by atoms with Gasteiger partial charge in [-0.15, -0.1) is 0 Å². The first-order valence-electron chi connectivity index (χ1n) is 9.01. The Bertz CT molecular complexity index is 982. The minimum absolute atomic E-state index is 0.166. The molecule has 0 spiro atoms. The smallest absolute Gasteiger partial charge is 0.255 e. The van der Waals surface area contributed by atoms with Gasteiger partial charge in [0, 0.05) is 24.7 Å². The fourth-order valence-electron chi connectivity index (χ4n) is 3.19. The number of nitrogens with one attached hydrogen (secondary N) is 1. The largest absolute Gasteiger partial charge is 0.497 e. The molecule has 2 aromatic rings. The van der Waals surface area contributed by atoms with Crippen molar-refractivity contribution >= 4 is 21.6 Å². The van der Waals surface area contributed by atoms with E-state index in [1.54, 1.807) is 37.3 Å². The molecular weight excluding hydrogens is 380 g/mol. The van der Waals surface area contributed by atoms with E-state index in [2.05, 4.69) is 5.32 Å². The van der Waals surface area contributed by atoms with Crippen LogP contribution in [0.25, 0.3) is 0 Å². The molecule has 1 saturated heterocycles. The van der Waals surface area contributed by atoms with Crippen molar-refractivity contribution < 1.29 is 22.7 Å². The topological polar surface area (TPSA) is 84.9 Å². The van der Waals surface area contributed by atoms with Crippen LogP contribution in [0, 0.1) is 6.92 Å². The van der Waals surface area contributed by atoms with Gasteiger partial charge in [0.25, 0.3) is 5.91 Å². The summed E-state index contributed by atoms with van der Waals surface area (Å²) < 4.78 is 37.8. The second kappa shape index (κ2) is 8.20. The fraction of sp³-hybridized carbons (Fsp3) is 0.350. The van der Waals surface area contributed by atoms with Gasteiger partial charge < -0.3 is 14.8 Å². The van der Waals surface area contributed by atoms with Crippen molar-refractivity contribution in [3.8, 4) is 11.5 Å². The number of carbonyl (C=O) groups is 1. The van der Waals surface area contributed by atoms with Gasteiger partial charge in [0.2, 0.25) is 10.0 Å². The predicted octanol–water partition coefficient (Wildman–Crippen LogP) is 3.05. The Hall–Kier alpha value is -2.58. The fourth-order valence-corrected chi connectivity index (χ4v) is 4.96. The van der Waals surface area contributed by atoms with Crippen molar-refractivity contribution in [2.45, 2.75) is 24.7 Å². The van der Waals surface area contributed by atoms with Gasteiger partial charge in [-0.25, -0.2) is 8.42 Å². The molecule has 2 aromatic carbocycles. The third kappa shape index (κ3) is 3.98. The van der Waals surface area contributed by atoms with Gasteiger partial charge >= 0.3 is 0 Å². The van der Waals surface area contributed by atoms with E-state index in [4.69, 9.17) is 9.47 Å². The zero-order chi connectivity index (χ0) is 20.3. The second-order valence-electron chi connectivity index (χ2n) is 6.61. The highest BCUT2D eigenvalue weighted by molar-refractivity contribution is 7.89. The lowest BCUT2D eigenvalue weighted by Gasteiger charge is -2.18. The lowest BCUT2D eigenvalue weighted by molar-refractivity contribution is 0.102. The lowest BCUT2D eigenvalue weighted by Crippen LogP contribution is -2.28. The Kier molecular flexibility index (Phi) is 5.90. The maximum absolute atomic E-state index is 12.9. The van der Waals surface area contributed by atoms with Crippen LogP contribution in [0.2, 0.25) is 0 Å². The first-order valence-corrected chi connectivity index (χ1v) is 10.4. The average Bonchev–Trinajstić information content (AvgIpc) is 3.23.